The zero-order chi connectivity index (χ0) is 18.4. The predicted octanol–water partition coefficient (Wildman–Crippen LogP) is 0.342. The van der Waals surface area contributed by atoms with E-state index in [2.05, 4.69) is 10.3 Å². The van der Waals surface area contributed by atoms with Crippen LogP contribution in [0.2, 0.25) is 0 Å². The highest BCUT2D eigenvalue weighted by Crippen LogP contribution is 2.22. The number of nitrogens with one attached hydrogen (secondary N) is 1. The molecule has 2 aromatic rings. The highest BCUT2D eigenvalue weighted by molar-refractivity contribution is 7.89. The van der Waals surface area contributed by atoms with Crippen LogP contribution >= 0.6 is 0 Å². The van der Waals surface area contributed by atoms with Crippen LogP contribution < -0.4 is 10.6 Å². The second-order valence-electron chi connectivity index (χ2n) is 5.87. The Morgan fingerprint density at radius 1 is 1.20 bits per heavy atom. The third-order valence-electron chi connectivity index (χ3n) is 3.69. The minimum atomic E-state index is -3.55. The first kappa shape index (κ1) is 19.0. The number of benzene rings is 1. The van der Waals surface area contributed by atoms with Crippen LogP contribution in [0.5, 0.6) is 0 Å². The molecule has 0 aliphatic carbocycles. The van der Waals surface area contributed by atoms with Crippen LogP contribution in [0.3, 0.4) is 0 Å². The van der Waals surface area contributed by atoms with Gasteiger partial charge in [0.2, 0.25) is 10.0 Å². The average Bonchev–Trinajstić information content (AvgIpc) is 2.57. The van der Waals surface area contributed by atoms with Crippen LogP contribution in [-0.2, 0) is 21.4 Å². The molecule has 25 heavy (non-hydrogen) atoms. The van der Waals surface area contributed by atoms with Crippen molar-refractivity contribution in [3.05, 3.63) is 53.9 Å². The molecule has 1 amide bonds. The molecule has 1 heterocycles. The second-order valence-corrected chi connectivity index (χ2v) is 7.99. The number of pyridine rings is 1. The van der Waals surface area contributed by atoms with Gasteiger partial charge in [-0.1, -0.05) is 6.07 Å². The van der Waals surface area contributed by atoms with Crippen molar-refractivity contribution in [1.82, 2.24) is 9.29 Å². The van der Waals surface area contributed by atoms with Gasteiger partial charge in [-0.3, -0.25) is 9.78 Å². The molecule has 1 aromatic heterocycles. The lowest BCUT2D eigenvalue weighted by Crippen LogP contribution is -2.84. The fourth-order valence-electron chi connectivity index (χ4n) is 2.25. The van der Waals surface area contributed by atoms with Crippen molar-refractivity contribution in [2.24, 2.45) is 0 Å². The highest BCUT2D eigenvalue weighted by Gasteiger charge is 2.20. The number of aromatic nitrogens is 1. The maximum Gasteiger partial charge on any atom is 0.279 e. The molecule has 0 saturated carbocycles. The van der Waals surface area contributed by atoms with E-state index in [1.807, 2.05) is 17.4 Å². The van der Waals surface area contributed by atoms with E-state index in [-0.39, 0.29) is 17.3 Å². The summed E-state index contributed by atoms with van der Waals surface area (Å²) in [7, 11) is -0.590. The number of carbonyl (C=O) groups excluding carboxylic acids is 1. The van der Waals surface area contributed by atoms with Crippen molar-refractivity contribution in [2.75, 3.05) is 26.0 Å². The van der Waals surface area contributed by atoms with E-state index in [4.69, 9.17) is 0 Å². The van der Waals surface area contributed by atoms with Crippen LogP contribution in [0.15, 0.2) is 47.6 Å². The average molecular weight is 363 g/mol. The highest BCUT2D eigenvalue weighted by atomic mass is 32.2. The minimum Gasteiger partial charge on any atom is -0.335 e. The van der Waals surface area contributed by atoms with Crippen LogP contribution in [0.1, 0.15) is 11.1 Å². The van der Waals surface area contributed by atoms with Gasteiger partial charge in [-0.15, -0.1) is 0 Å². The number of rotatable bonds is 7. The number of nitrogens with two attached hydrogens (primary N) is 1. The van der Waals surface area contributed by atoms with Crippen molar-refractivity contribution in [2.45, 2.75) is 18.4 Å². The molecule has 134 valence electrons. The van der Waals surface area contributed by atoms with E-state index in [0.717, 1.165) is 9.87 Å². The Hall–Kier alpha value is -2.29. The van der Waals surface area contributed by atoms with E-state index < -0.39 is 10.0 Å². The number of nitrogens with zero attached hydrogens (tertiary/aromatic N) is 2. The molecule has 0 aliphatic rings. The Balaban J connectivity index is 1.99. The third-order valence-corrected chi connectivity index (χ3v) is 5.65. The lowest BCUT2D eigenvalue weighted by atomic mass is 10.2. The van der Waals surface area contributed by atoms with Crippen molar-refractivity contribution in [1.29, 1.82) is 0 Å². The number of sulfonamides is 1. The number of carbonyl (C=O) groups is 1. The fourth-order valence-corrected chi connectivity index (χ4v) is 3.40. The molecule has 0 fully saturated rings. The molecule has 8 heteroatoms. The van der Waals surface area contributed by atoms with E-state index in [9.17, 15) is 13.2 Å². The topological polar surface area (TPSA) is 96.0 Å². The molecule has 0 saturated heterocycles. The molecule has 2 rings (SSSR count). The number of hydrogen-bond acceptors (Lipinski definition) is 4. The van der Waals surface area contributed by atoms with Crippen LogP contribution in [0, 0.1) is 6.92 Å². The molecule has 1 aromatic carbocycles. The third kappa shape index (κ3) is 5.09. The lowest BCUT2D eigenvalue weighted by molar-refractivity contribution is -0.659. The van der Waals surface area contributed by atoms with Crippen molar-refractivity contribution in [3.8, 4) is 0 Å². The monoisotopic (exact) mass is 363 g/mol. The summed E-state index contributed by atoms with van der Waals surface area (Å²) in [6.45, 7) is 2.64. The summed E-state index contributed by atoms with van der Waals surface area (Å²) in [5.74, 6) is -0.189. The summed E-state index contributed by atoms with van der Waals surface area (Å²) in [6.07, 6.45) is 3.42. The van der Waals surface area contributed by atoms with Crippen molar-refractivity contribution < 1.29 is 18.5 Å². The molecule has 0 radical (unpaired) electrons. The van der Waals surface area contributed by atoms with Gasteiger partial charge in [0.1, 0.15) is 6.54 Å². The SMILES string of the molecule is Cc1ccc(NC(=O)C[NH2+]Cc2ccncc2)cc1S(=O)(=O)N(C)C. The second kappa shape index (κ2) is 8.19. The van der Waals surface area contributed by atoms with E-state index in [1.165, 1.54) is 20.2 Å². The van der Waals surface area contributed by atoms with Crippen molar-refractivity contribution >= 4 is 21.6 Å². The maximum atomic E-state index is 12.3. The van der Waals surface area contributed by atoms with Crippen LogP contribution in [0.4, 0.5) is 5.69 Å². The van der Waals surface area contributed by atoms with Gasteiger partial charge in [0, 0.05) is 37.7 Å². The molecule has 7 nitrogen and oxygen atoms in total. The number of quaternary nitrogens is 1. The molecule has 3 N–H and O–H groups in total. The minimum absolute atomic E-state index is 0.189. The van der Waals surface area contributed by atoms with Crippen LogP contribution in [0.25, 0.3) is 0 Å². The molecule has 0 spiro atoms. The Kier molecular flexibility index (Phi) is 6.24. The molecular weight excluding hydrogens is 340 g/mol. The number of anilines is 1. The maximum absolute atomic E-state index is 12.3. The standard InChI is InChI=1S/C17H22N4O3S/c1-13-4-5-15(10-16(13)25(23,24)21(2)3)20-17(22)12-19-11-14-6-8-18-9-7-14/h4-10,19H,11-12H2,1-3H3,(H,20,22)/p+1. The Bertz CT molecular complexity index is 836. The smallest absolute Gasteiger partial charge is 0.279 e. The lowest BCUT2D eigenvalue weighted by Gasteiger charge is -2.15. The first-order valence-corrected chi connectivity index (χ1v) is 9.28. The van der Waals surface area contributed by atoms with Crippen molar-refractivity contribution in [3.63, 3.8) is 0 Å². The summed E-state index contributed by atoms with van der Waals surface area (Å²) in [5.41, 5.74) is 2.18. The molecular formula is C17H23N4O3S+. The summed E-state index contributed by atoms with van der Waals surface area (Å²) < 4.78 is 25.8. The zero-order valence-electron chi connectivity index (χ0n) is 14.6. The Morgan fingerprint density at radius 3 is 2.52 bits per heavy atom. The Morgan fingerprint density at radius 2 is 1.88 bits per heavy atom. The van der Waals surface area contributed by atoms with Gasteiger partial charge in [-0.05, 0) is 36.8 Å². The summed E-state index contributed by atoms with van der Waals surface area (Å²) >= 11 is 0. The largest absolute Gasteiger partial charge is 0.335 e. The van der Waals surface area contributed by atoms with E-state index in [1.54, 1.807) is 31.5 Å². The summed E-state index contributed by atoms with van der Waals surface area (Å²) in [5, 5.41) is 4.61. The van der Waals surface area contributed by atoms with E-state index in [0.29, 0.717) is 17.8 Å². The fraction of sp³-hybridized carbons (Fsp3) is 0.294. The van der Waals surface area contributed by atoms with Gasteiger partial charge in [0.25, 0.3) is 5.91 Å². The quantitative estimate of drug-likeness (QED) is 0.742. The molecule has 0 aliphatic heterocycles. The Labute approximate surface area is 148 Å². The van der Waals surface area contributed by atoms with Gasteiger partial charge in [0.15, 0.2) is 6.54 Å². The normalized spacial score (nSPS) is 11.5. The molecule has 0 atom stereocenters. The number of aryl methyl sites for hydroxylation is 1. The van der Waals surface area contributed by atoms with Gasteiger partial charge < -0.3 is 10.6 Å². The molecule has 0 unspecified atom stereocenters. The zero-order valence-corrected chi connectivity index (χ0v) is 15.4. The summed E-state index contributed by atoms with van der Waals surface area (Å²) in [4.78, 5) is 16.2. The van der Waals surface area contributed by atoms with Gasteiger partial charge >= 0.3 is 0 Å². The van der Waals surface area contributed by atoms with Gasteiger partial charge in [-0.2, -0.15) is 0 Å². The number of amides is 1. The predicted molar refractivity (Wildman–Crippen MR) is 95.4 cm³/mol. The molecule has 0 bridgehead atoms. The summed E-state index contributed by atoms with van der Waals surface area (Å²) in [6, 6.07) is 8.67. The first-order valence-electron chi connectivity index (χ1n) is 7.84. The number of hydrogen-bond donors (Lipinski definition) is 2. The van der Waals surface area contributed by atoms with Crippen LogP contribution in [-0.4, -0.2) is 44.3 Å². The van der Waals surface area contributed by atoms with E-state index >= 15 is 0 Å². The van der Waals surface area contributed by atoms with Gasteiger partial charge in [-0.25, -0.2) is 12.7 Å². The van der Waals surface area contributed by atoms with Gasteiger partial charge in [0.05, 0.1) is 4.90 Å². The first-order chi connectivity index (χ1) is 11.8.